The monoisotopic (exact) mass is 278 g/mol. The minimum Gasteiger partial charge on any atom is -0.389 e. The second-order valence-corrected chi connectivity index (χ2v) is 6.06. The number of nitrogens with zero attached hydrogens (tertiary/aromatic N) is 1. The molecule has 0 aromatic heterocycles. The summed E-state index contributed by atoms with van der Waals surface area (Å²) in [6.07, 6.45) is 6.45. The molecule has 4 heteroatoms. The SMILES string of the molecule is NC(=S)c1ccc(N2CCC3CCCCC32)cc1F. The molecule has 0 spiro atoms. The first-order valence-corrected chi connectivity index (χ1v) is 7.43. The van der Waals surface area contributed by atoms with Crippen molar-refractivity contribution in [3.63, 3.8) is 0 Å². The number of anilines is 1. The molecule has 2 unspecified atom stereocenters. The molecule has 2 fully saturated rings. The third-order valence-electron chi connectivity index (χ3n) is 4.56. The molecule has 1 heterocycles. The Kier molecular flexibility index (Phi) is 3.44. The van der Waals surface area contributed by atoms with Crippen LogP contribution in [0.3, 0.4) is 0 Å². The average molecular weight is 278 g/mol. The van der Waals surface area contributed by atoms with Gasteiger partial charge in [0.15, 0.2) is 0 Å². The molecule has 2 nitrogen and oxygen atoms in total. The summed E-state index contributed by atoms with van der Waals surface area (Å²) in [4.78, 5) is 2.50. The highest BCUT2D eigenvalue weighted by Crippen LogP contribution is 2.39. The van der Waals surface area contributed by atoms with E-state index < -0.39 is 0 Å². The minimum absolute atomic E-state index is 0.126. The van der Waals surface area contributed by atoms with Crippen LogP contribution in [0.5, 0.6) is 0 Å². The molecule has 1 aromatic carbocycles. The molecule has 3 rings (SSSR count). The van der Waals surface area contributed by atoms with E-state index in [0.717, 1.165) is 18.2 Å². The highest BCUT2D eigenvalue weighted by atomic mass is 32.1. The summed E-state index contributed by atoms with van der Waals surface area (Å²) in [5, 5.41) is 0. The normalized spacial score (nSPS) is 26.3. The van der Waals surface area contributed by atoms with E-state index in [2.05, 4.69) is 4.90 Å². The zero-order valence-electron chi connectivity index (χ0n) is 10.9. The fourth-order valence-corrected chi connectivity index (χ4v) is 3.77. The number of benzene rings is 1. The summed E-state index contributed by atoms with van der Waals surface area (Å²) in [6.45, 7) is 1.04. The van der Waals surface area contributed by atoms with Crippen LogP contribution in [0, 0.1) is 11.7 Å². The Balaban J connectivity index is 1.86. The van der Waals surface area contributed by atoms with Gasteiger partial charge in [-0.05, 0) is 43.4 Å². The predicted octanol–water partition coefficient (Wildman–Crippen LogP) is 3.23. The molecule has 1 saturated carbocycles. The predicted molar refractivity (Wildman–Crippen MR) is 80.0 cm³/mol. The molecule has 2 N–H and O–H groups in total. The van der Waals surface area contributed by atoms with Crippen molar-refractivity contribution in [3.05, 3.63) is 29.6 Å². The van der Waals surface area contributed by atoms with Gasteiger partial charge in [0.1, 0.15) is 10.8 Å². The molecule has 1 aromatic rings. The van der Waals surface area contributed by atoms with Crippen LogP contribution < -0.4 is 10.6 Å². The van der Waals surface area contributed by atoms with Gasteiger partial charge in [-0.1, -0.05) is 25.1 Å². The second-order valence-electron chi connectivity index (χ2n) is 5.62. The van der Waals surface area contributed by atoms with E-state index in [1.54, 1.807) is 12.1 Å². The Morgan fingerprint density at radius 1 is 1.26 bits per heavy atom. The quantitative estimate of drug-likeness (QED) is 0.842. The van der Waals surface area contributed by atoms with Crippen LogP contribution in [-0.2, 0) is 0 Å². The van der Waals surface area contributed by atoms with Gasteiger partial charge >= 0.3 is 0 Å². The zero-order valence-corrected chi connectivity index (χ0v) is 11.8. The fraction of sp³-hybridized carbons (Fsp3) is 0.533. The van der Waals surface area contributed by atoms with E-state index in [9.17, 15) is 4.39 Å². The maximum Gasteiger partial charge on any atom is 0.135 e. The molecule has 0 radical (unpaired) electrons. The van der Waals surface area contributed by atoms with E-state index in [-0.39, 0.29) is 10.8 Å². The largest absolute Gasteiger partial charge is 0.389 e. The maximum atomic E-state index is 14.0. The number of hydrogen-bond acceptors (Lipinski definition) is 2. The summed E-state index contributed by atoms with van der Waals surface area (Å²) < 4.78 is 14.0. The summed E-state index contributed by atoms with van der Waals surface area (Å²) in [5.41, 5.74) is 6.83. The van der Waals surface area contributed by atoms with Gasteiger partial charge < -0.3 is 10.6 Å². The smallest absolute Gasteiger partial charge is 0.135 e. The molecule has 1 saturated heterocycles. The molecule has 2 aliphatic rings. The van der Waals surface area contributed by atoms with Crippen molar-refractivity contribution in [1.29, 1.82) is 0 Å². The Morgan fingerprint density at radius 2 is 2.05 bits per heavy atom. The van der Waals surface area contributed by atoms with Gasteiger partial charge in [-0.15, -0.1) is 0 Å². The second kappa shape index (κ2) is 5.08. The van der Waals surface area contributed by atoms with Gasteiger partial charge in [0, 0.05) is 23.8 Å². The van der Waals surface area contributed by atoms with Crippen LogP contribution in [0.25, 0.3) is 0 Å². The van der Waals surface area contributed by atoms with Gasteiger partial charge in [-0.2, -0.15) is 0 Å². The van der Waals surface area contributed by atoms with Crippen LogP contribution in [0.1, 0.15) is 37.7 Å². The Morgan fingerprint density at radius 3 is 2.79 bits per heavy atom. The highest BCUT2D eigenvalue weighted by molar-refractivity contribution is 7.80. The topological polar surface area (TPSA) is 29.3 Å². The number of hydrogen-bond donors (Lipinski definition) is 1. The van der Waals surface area contributed by atoms with Gasteiger partial charge in [-0.25, -0.2) is 4.39 Å². The third-order valence-corrected chi connectivity index (χ3v) is 4.78. The van der Waals surface area contributed by atoms with Crippen LogP contribution in [0.15, 0.2) is 18.2 Å². The van der Waals surface area contributed by atoms with E-state index in [1.807, 2.05) is 6.07 Å². The van der Waals surface area contributed by atoms with E-state index in [4.69, 9.17) is 18.0 Å². The Hall–Kier alpha value is -1.16. The first-order valence-electron chi connectivity index (χ1n) is 7.03. The van der Waals surface area contributed by atoms with E-state index in [1.165, 1.54) is 32.1 Å². The van der Waals surface area contributed by atoms with Gasteiger partial charge in [0.05, 0.1) is 0 Å². The van der Waals surface area contributed by atoms with Crippen molar-refractivity contribution in [2.24, 2.45) is 11.7 Å². The van der Waals surface area contributed by atoms with Crippen molar-refractivity contribution < 1.29 is 4.39 Å². The summed E-state index contributed by atoms with van der Waals surface area (Å²) in [7, 11) is 0. The van der Waals surface area contributed by atoms with Crippen LogP contribution in [0.4, 0.5) is 10.1 Å². The van der Waals surface area contributed by atoms with E-state index >= 15 is 0 Å². The fourth-order valence-electron chi connectivity index (χ4n) is 3.61. The van der Waals surface area contributed by atoms with Crippen molar-refractivity contribution in [2.75, 3.05) is 11.4 Å². The van der Waals surface area contributed by atoms with Crippen molar-refractivity contribution in [3.8, 4) is 0 Å². The standard InChI is InChI=1S/C15H19FN2S/c16-13-9-11(5-6-12(13)15(17)19)18-8-7-10-3-1-2-4-14(10)18/h5-6,9-10,14H,1-4,7-8H2,(H2,17,19). The Bertz CT molecular complexity index is 503. The van der Waals surface area contributed by atoms with Crippen LogP contribution in [0.2, 0.25) is 0 Å². The van der Waals surface area contributed by atoms with Gasteiger partial charge in [-0.3, -0.25) is 0 Å². The molecule has 19 heavy (non-hydrogen) atoms. The Labute approximate surface area is 118 Å². The number of fused-ring (bicyclic) bond motifs is 1. The summed E-state index contributed by atoms with van der Waals surface area (Å²) in [5.74, 6) is 0.497. The molecule has 0 amide bonds. The number of rotatable bonds is 2. The molecule has 1 aliphatic carbocycles. The molecule has 0 bridgehead atoms. The lowest BCUT2D eigenvalue weighted by Crippen LogP contribution is -2.34. The van der Waals surface area contributed by atoms with Crippen molar-refractivity contribution >= 4 is 22.9 Å². The van der Waals surface area contributed by atoms with Crippen LogP contribution in [-0.4, -0.2) is 17.6 Å². The van der Waals surface area contributed by atoms with Crippen molar-refractivity contribution in [2.45, 2.75) is 38.1 Å². The maximum absolute atomic E-state index is 14.0. The highest BCUT2D eigenvalue weighted by Gasteiger charge is 2.35. The lowest BCUT2D eigenvalue weighted by Gasteiger charge is -2.33. The first kappa shape index (κ1) is 12.9. The third kappa shape index (κ3) is 2.34. The van der Waals surface area contributed by atoms with E-state index in [0.29, 0.717) is 11.6 Å². The molecule has 2 atom stereocenters. The minimum atomic E-state index is -0.302. The van der Waals surface area contributed by atoms with Crippen molar-refractivity contribution in [1.82, 2.24) is 0 Å². The van der Waals surface area contributed by atoms with Gasteiger partial charge in [0.2, 0.25) is 0 Å². The lowest BCUT2D eigenvalue weighted by atomic mass is 9.85. The summed E-state index contributed by atoms with van der Waals surface area (Å²) >= 11 is 4.84. The summed E-state index contributed by atoms with van der Waals surface area (Å²) in [6, 6.07) is 5.85. The van der Waals surface area contributed by atoms with Gasteiger partial charge in [0.25, 0.3) is 0 Å². The number of halogens is 1. The molecule has 102 valence electrons. The molecule has 1 aliphatic heterocycles. The zero-order chi connectivity index (χ0) is 13.4. The van der Waals surface area contributed by atoms with Crippen LogP contribution >= 0.6 is 12.2 Å². The average Bonchev–Trinajstić information content (AvgIpc) is 2.82. The number of nitrogens with two attached hydrogens (primary N) is 1. The molecular formula is C15H19FN2S. The number of thiocarbonyl (C=S) groups is 1. The lowest BCUT2D eigenvalue weighted by molar-refractivity contribution is 0.342. The first-order chi connectivity index (χ1) is 9.16. The molecular weight excluding hydrogens is 259 g/mol.